The molecule has 4 nitrogen and oxygen atoms in total. The second kappa shape index (κ2) is 11.1. The van der Waals surface area contributed by atoms with E-state index >= 15 is 0 Å². The minimum absolute atomic E-state index is 0.0879. The van der Waals surface area contributed by atoms with E-state index in [1.165, 1.54) is 0 Å². The van der Waals surface area contributed by atoms with E-state index < -0.39 is 0 Å². The summed E-state index contributed by atoms with van der Waals surface area (Å²) in [6.45, 7) is 4.24. The minimum Gasteiger partial charge on any atom is -0.489 e. The topological polar surface area (TPSA) is 52.3 Å². The van der Waals surface area contributed by atoms with Gasteiger partial charge in [-0.3, -0.25) is 4.79 Å². The SMILES string of the molecule is CC(C)c1onc(-c2c(Cl)cccc2Cl)c1COc1ccc(/C=C/c2cccc(C=O)c2)c(Cl)c1. The van der Waals surface area contributed by atoms with Crippen LogP contribution in [0.4, 0.5) is 0 Å². The van der Waals surface area contributed by atoms with Crippen molar-refractivity contribution in [1.29, 1.82) is 0 Å². The van der Waals surface area contributed by atoms with Crippen LogP contribution in [0.1, 0.15) is 52.6 Å². The molecule has 4 rings (SSSR count). The standard InChI is InChI=1S/C28H22Cl3NO3/c1-17(2)28-22(27(32-35-28)26-23(29)7-4-8-24(26)30)16-34-21-12-11-20(25(31)14-21)10-9-18-5-3-6-19(13-18)15-33/h3-15,17H,16H2,1-2H3/b10-9+. The molecule has 0 unspecified atom stereocenters. The first kappa shape index (κ1) is 25.1. The van der Waals surface area contributed by atoms with E-state index in [-0.39, 0.29) is 12.5 Å². The van der Waals surface area contributed by atoms with Crippen molar-refractivity contribution >= 4 is 53.2 Å². The zero-order valence-electron chi connectivity index (χ0n) is 19.1. The predicted octanol–water partition coefficient (Wildman–Crippen LogP) is 8.99. The molecule has 0 amide bonds. The van der Waals surface area contributed by atoms with Gasteiger partial charge in [0.05, 0.1) is 20.6 Å². The van der Waals surface area contributed by atoms with Crippen LogP contribution in [0.15, 0.2) is 65.2 Å². The summed E-state index contributed by atoms with van der Waals surface area (Å²) in [7, 11) is 0. The largest absolute Gasteiger partial charge is 0.489 e. The van der Waals surface area contributed by atoms with Gasteiger partial charge < -0.3 is 9.26 Å². The molecule has 0 atom stereocenters. The Kier molecular flexibility index (Phi) is 7.97. The number of rotatable bonds is 8. The molecular formula is C28H22Cl3NO3. The van der Waals surface area contributed by atoms with Crippen LogP contribution >= 0.6 is 34.8 Å². The highest BCUT2D eigenvalue weighted by Crippen LogP contribution is 2.39. The molecule has 0 radical (unpaired) electrons. The summed E-state index contributed by atoms with van der Waals surface area (Å²) in [6.07, 6.45) is 4.62. The number of aromatic nitrogens is 1. The fourth-order valence-corrected chi connectivity index (χ4v) is 4.46. The minimum atomic E-state index is 0.0879. The first-order valence-electron chi connectivity index (χ1n) is 11.0. The lowest BCUT2D eigenvalue weighted by Crippen LogP contribution is -2.01. The summed E-state index contributed by atoms with van der Waals surface area (Å²) in [6, 6.07) is 18.1. The van der Waals surface area contributed by atoms with Crippen molar-refractivity contribution in [2.45, 2.75) is 26.4 Å². The lowest BCUT2D eigenvalue weighted by molar-refractivity contribution is 0.112. The molecule has 1 aromatic heterocycles. The Morgan fingerprint density at radius 1 is 0.914 bits per heavy atom. The smallest absolute Gasteiger partial charge is 0.150 e. The highest BCUT2D eigenvalue weighted by atomic mass is 35.5. The Bertz CT molecular complexity index is 1370. The van der Waals surface area contributed by atoms with E-state index in [9.17, 15) is 4.79 Å². The van der Waals surface area contributed by atoms with Crippen molar-refractivity contribution in [2.75, 3.05) is 0 Å². The van der Waals surface area contributed by atoms with Gasteiger partial charge in [-0.1, -0.05) is 90.2 Å². The fraction of sp³-hybridized carbons (Fsp3) is 0.143. The molecule has 0 aliphatic carbocycles. The number of hydrogen-bond acceptors (Lipinski definition) is 4. The Hall–Kier alpha value is -3.05. The monoisotopic (exact) mass is 525 g/mol. The number of halogens is 3. The number of carbonyl (C=O) groups excluding carboxylic acids is 1. The molecule has 4 aromatic rings. The van der Waals surface area contributed by atoms with Crippen LogP contribution < -0.4 is 4.74 Å². The van der Waals surface area contributed by atoms with Crippen molar-refractivity contribution in [1.82, 2.24) is 5.16 Å². The van der Waals surface area contributed by atoms with Gasteiger partial charge in [0.15, 0.2) is 0 Å². The van der Waals surface area contributed by atoms with Gasteiger partial charge in [-0.2, -0.15) is 0 Å². The van der Waals surface area contributed by atoms with Gasteiger partial charge in [-0.25, -0.2) is 0 Å². The molecule has 0 aliphatic heterocycles. The highest BCUT2D eigenvalue weighted by molar-refractivity contribution is 6.39. The van der Waals surface area contributed by atoms with Crippen LogP contribution in [0.2, 0.25) is 15.1 Å². The molecule has 0 saturated heterocycles. The normalized spacial score (nSPS) is 11.4. The third-order valence-electron chi connectivity index (χ3n) is 5.40. The summed E-state index contributed by atoms with van der Waals surface area (Å²) in [5.74, 6) is 1.39. The summed E-state index contributed by atoms with van der Waals surface area (Å²) >= 11 is 19.4. The maximum absolute atomic E-state index is 11.0. The van der Waals surface area contributed by atoms with E-state index in [0.29, 0.717) is 43.4 Å². The van der Waals surface area contributed by atoms with Crippen molar-refractivity contribution in [3.05, 3.63) is 104 Å². The Morgan fingerprint density at radius 3 is 2.31 bits per heavy atom. The molecule has 3 aromatic carbocycles. The Balaban J connectivity index is 1.56. The van der Waals surface area contributed by atoms with Crippen molar-refractivity contribution in [3.8, 4) is 17.0 Å². The van der Waals surface area contributed by atoms with Gasteiger partial charge in [0.2, 0.25) is 0 Å². The van der Waals surface area contributed by atoms with Gasteiger partial charge in [-0.05, 0) is 47.5 Å². The average Bonchev–Trinajstić information content (AvgIpc) is 3.26. The van der Waals surface area contributed by atoms with Gasteiger partial charge in [0.25, 0.3) is 0 Å². The quantitative estimate of drug-likeness (QED) is 0.170. The predicted molar refractivity (Wildman–Crippen MR) is 143 cm³/mol. The second-order valence-corrected chi connectivity index (χ2v) is 9.44. The summed E-state index contributed by atoms with van der Waals surface area (Å²) in [5.41, 5.74) is 4.31. The van der Waals surface area contributed by atoms with Crippen molar-refractivity contribution in [2.24, 2.45) is 0 Å². The van der Waals surface area contributed by atoms with Crippen molar-refractivity contribution in [3.63, 3.8) is 0 Å². The number of hydrogen-bond donors (Lipinski definition) is 0. The van der Waals surface area contributed by atoms with E-state index in [4.69, 9.17) is 44.1 Å². The number of aldehydes is 1. The van der Waals surface area contributed by atoms with E-state index in [0.717, 1.165) is 23.0 Å². The molecule has 0 spiro atoms. The molecular weight excluding hydrogens is 505 g/mol. The molecule has 0 N–H and O–H groups in total. The van der Waals surface area contributed by atoms with Crippen LogP contribution in [0.5, 0.6) is 5.75 Å². The van der Waals surface area contributed by atoms with E-state index in [1.807, 2.05) is 56.3 Å². The summed E-state index contributed by atoms with van der Waals surface area (Å²) in [4.78, 5) is 11.0. The molecule has 0 saturated carbocycles. The molecule has 1 heterocycles. The third kappa shape index (κ3) is 5.79. The average molecular weight is 527 g/mol. The molecule has 0 bridgehead atoms. The van der Waals surface area contributed by atoms with Crippen molar-refractivity contribution < 1.29 is 14.1 Å². The zero-order chi connectivity index (χ0) is 24.9. The van der Waals surface area contributed by atoms with Crippen LogP contribution in [0.25, 0.3) is 23.4 Å². The zero-order valence-corrected chi connectivity index (χ0v) is 21.4. The first-order chi connectivity index (χ1) is 16.9. The highest BCUT2D eigenvalue weighted by Gasteiger charge is 2.23. The van der Waals surface area contributed by atoms with Crippen LogP contribution in [-0.2, 0) is 6.61 Å². The number of nitrogens with zero attached hydrogens (tertiary/aromatic N) is 1. The van der Waals surface area contributed by atoms with Crippen LogP contribution in [0.3, 0.4) is 0 Å². The van der Waals surface area contributed by atoms with E-state index in [2.05, 4.69) is 5.16 Å². The maximum atomic E-state index is 11.0. The summed E-state index contributed by atoms with van der Waals surface area (Å²) < 4.78 is 11.7. The molecule has 35 heavy (non-hydrogen) atoms. The lowest BCUT2D eigenvalue weighted by atomic mass is 10.0. The van der Waals surface area contributed by atoms with Crippen LogP contribution in [0, 0.1) is 0 Å². The van der Waals surface area contributed by atoms with Gasteiger partial charge in [0.1, 0.15) is 30.1 Å². The molecule has 178 valence electrons. The number of benzene rings is 3. The molecule has 0 fully saturated rings. The fourth-order valence-electron chi connectivity index (χ4n) is 3.65. The van der Waals surface area contributed by atoms with Gasteiger partial charge >= 0.3 is 0 Å². The third-order valence-corrected chi connectivity index (χ3v) is 6.36. The van der Waals surface area contributed by atoms with E-state index in [1.54, 1.807) is 30.3 Å². The van der Waals surface area contributed by atoms with Crippen LogP contribution in [-0.4, -0.2) is 11.4 Å². The van der Waals surface area contributed by atoms with Gasteiger partial charge in [-0.15, -0.1) is 0 Å². The number of ether oxygens (including phenoxy) is 1. The number of carbonyl (C=O) groups is 1. The first-order valence-corrected chi connectivity index (χ1v) is 12.1. The Morgan fingerprint density at radius 2 is 1.63 bits per heavy atom. The lowest BCUT2D eigenvalue weighted by Gasteiger charge is -2.11. The molecule has 7 heteroatoms. The molecule has 0 aliphatic rings. The van der Waals surface area contributed by atoms with Gasteiger partial charge in [0, 0.05) is 17.0 Å². The summed E-state index contributed by atoms with van der Waals surface area (Å²) in [5, 5.41) is 5.77. The maximum Gasteiger partial charge on any atom is 0.150 e. The Labute approximate surface area is 219 Å². The second-order valence-electron chi connectivity index (χ2n) is 8.22.